The van der Waals surface area contributed by atoms with Crippen LogP contribution in [0.5, 0.6) is 0 Å². The molecule has 1 saturated carbocycles. The predicted molar refractivity (Wildman–Crippen MR) is 81.3 cm³/mol. The van der Waals surface area contributed by atoms with E-state index in [-0.39, 0.29) is 0 Å². The van der Waals surface area contributed by atoms with Gasteiger partial charge in [-0.25, -0.2) is 0 Å². The van der Waals surface area contributed by atoms with Crippen LogP contribution in [0.25, 0.3) is 0 Å². The zero-order valence-corrected chi connectivity index (χ0v) is 12.5. The zero-order chi connectivity index (χ0) is 12.6. The van der Waals surface area contributed by atoms with Crippen LogP contribution in [0.1, 0.15) is 56.7 Å². The lowest BCUT2D eigenvalue weighted by Gasteiger charge is -2.31. The van der Waals surface area contributed by atoms with Crippen molar-refractivity contribution in [2.45, 2.75) is 64.3 Å². The van der Waals surface area contributed by atoms with Crippen LogP contribution < -0.4 is 5.32 Å². The molecule has 2 rings (SSSR count). The van der Waals surface area contributed by atoms with Gasteiger partial charge >= 0.3 is 0 Å². The van der Waals surface area contributed by atoms with Crippen LogP contribution in [-0.4, -0.2) is 12.6 Å². The number of hydrogen-bond donors (Lipinski definition) is 1. The number of nitrogens with one attached hydrogen (secondary N) is 1. The van der Waals surface area contributed by atoms with Gasteiger partial charge < -0.3 is 5.32 Å². The molecule has 1 heterocycles. The van der Waals surface area contributed by atoms with Gasteiger partial charge in [0.05, 0.1) is 0 Å². The first-order chi connectivity index (χ1) is 8.90. The summed E-state index contributed by atoms with van der Waals surface area (Å²) in [7, 11) is 0. The van der Waals surface area contributed by atoms with E-state index in [1.54, 1.807) is 4.88 Å². The summed E-state index contributed by atoms with van der Waals surface area (Å²) in [5, 5.41) is 6.01. The maximum absolute atomic E-state index is 3.81. The lowest BCUT2D eigenvalue weighted by molar-refractivity contribution is 0.258. The molecule has 1 aliphatic carbocycles. The minimum absolute atomic E-state index is 0.757. The first-order valence-corrected chi connectivity index (χ1v) is 8.54. The quantitative estimate of drug-likeness (QED) is 0.758. The smallest absolute Gasteiger partial charge is 0.00987 e. The van der Waals surface area contributed by atoms with E-state index in [9.17, 15) is 0 Å². The largest absolute Gasteiger partial charge is 0.314 e. The van der Waals surface area contributed by atoms with Crippen molar-refractivity contribution >= 4 is 11.3 Å². The van der Waals surface area contributed by atoms with Gasteiger partial charge in [-0.15, -0.1) is 11.3 Å². The summed E-state index contributed by atoms with van der Waals surface area (Å²) in [6.07, 6.45) is 11.1. The molecule has 1 aromatic rings. The monoisotopic (exact) mass is 265 g/mol. The predicted octanol–water partition coefficient (Wildman–Crippen LogP) is 4.63. The highest BCUT2D eigenvalue weighted by Gasteiger charge is 2.22. The number of aryl methyl sites for hydroxylation is 1. The Morgan fingerprint density at radius 1 is 1.33 bits per heavy atom. The van der Waals surface area contributed by atoms with Crippen LogP contribution in [0.2, 0.25) is 0 Å². The molecule has 1 atom stereocenters. The summed E-state index contributed by atoms with van der Waals surface area (Å²) in [4.78, 5) is 1.55. The van der Waals surface area contributed by atoms with Crippen molar-refractivity contribution in [2.75, 3.05) is 6.54 Å². The lowest BCUT2D eigenvalue weighted by atomic mass is 9.82. The Hall–Kier alpha value is -0.340. The van der Waals surface area contributed by atoms with Crippen molar-refractivity contribution in [3.8, 4) is 0 Å². The number of hydrogen-bond acceptors (Lipinski definition) is 2. The summed E-state index contributed by atoms with van der Waals surface area (Å²) < 4.78 is 0. The van der Waals surface area contributed by atoms with Gasteiger partial charge in [-0.1, -0.05) is 32.3 Å². The average Bonchev–Trinajstić information content (AvgIpc) is 2.93. The molecule has 102 valence electrons. The second-order valence-electron chi connectivity index (χ2n) is 5.58. The molecule has 1 nitrogen and oxygen atoms in total. The van der Waals surface area contributed by atoms with Gasteiger partial charge in [-0.05, 0) is 56.0 Å². The molecule has 0 aromatic carbocycles. The van der Waals surface area contributed by atoms with Crippen LogP contribution in [-0.2, 0) is 6.42 Å². The summed E-state index contributed by atoms with van der Waals surface area (Å²) >= 11 is 1.91. The maximum Gasteiger partial charge on any atom is 0.00987 e. The van der Waals surface area contributed by atoms with Crippen LogP contribution in [0.3, 0.4) is 0 Å². The van der Waals surface area contributed by atoms with E-state index in [4.69, 9.17) is 0 Å². The van der Waals surface area contributed by atoms with Crippen LogP contribution >= 0.6 is 11.3 Å². The van der Waals surface area contributed by atoms with E-state index in [1.165, 1.54) is 57.9 Å². The third kappa shape index (κ3) is 4.40. The van der Waals surface area contributed by atoms with Gasteiger partial charge in [0.1, 0.15) is 0 Å². The highest BCUT2D eigenvalue weighted by molar-refractivity contribution is 7.09. The summed E-state index contributed by atoms with van der Waals surface area (Å²) in [5.74, 6) is 0.935. The van der Waals surface area contributed by atoms with E-state index < -0.39 is 0 Å². The Morgan fingerprint density at radius 3 is 2.83 bits per heavy atom. The van der Waals surface area contributed by atoms with E-state index in [0.29, 0.717) is 0 Å². The molecule has 0 amide bonds. The van der Waals surface area contributed by atoms with Crippen molar-refractivity contribution in [1.82, 2.24) is 5.32 Å². The van der Waals surface area contributed by atoms with Gasteiger partial charge in [0.25, 0.3) is 0 Å². The van der Waals surface area contributed by atoms with E-state index in [1.807, 2.05) is 11.3 Å². The van der Waals surface area contributed by atoms with Gasteiger partial charge in [0.15, 0.2) is 0 Å². The normalized spacial score (nSPS) is 18.9. The molecular formula is C16H27NS. The molecule has 2 heteroatoms. The molecule has 0 aliphatic heterocycles. The zero-order valence-electron chi connectivity index (χ0n) is 11.7. The molecule has 0 bridgehead atoms. The molecule has 0 saturated heterocycles. The van der Waals surface area contributed by atoms with Crippen molar-refractivity contribution in [3.05, 3.63) is 22.4 Å². The summed E-state index contributed by atoms with van der Waals surface area (Å²) in [6, 6.07) is 5.21. The minimum Gasteiger partial charge on any atom is -0.314 e. The van der Waals surface area contributed by atoms with E-state index >= 15 is 0 Å². The second-order valence-corrected chi connectivity index (χ2v) is 6.61. The number of thiophene rings is 1. The molecule has 0 radical (unpaired) electrons. The van der Waals surface area contributed by atoms with Crippen LogP contribution in [0.15, 0.2) is 17.5 Å². The molecule has 1 unspecified atom stereocenters. The fourth-order valence-electron chi connectivity index (χ4n) is 3.12. The highest BCUT2D eigenvalue weighted by Crippen LogP contribution is 2.28. The molecule has 1 aliphatic rings. The van der Waals surface area contributed by atoms with Gasteiger partial charge in [-0.2, -0.15) is 0 Å². The molecule has 18 heavy (non-hydrogen) atoms. The second kappa shape index (κ2) is 7.96. The Morgan fingerprint density at radius 2 is 2.17 bits per heavy atom. The Kier molecular flexibility index (Phi) is 6.22. The molecule has 0 spiro atoms. The first-order valence-electron chi connectivity index (χ1n) is 7.66. The minimum atomic E-state index is 0.757. The third-order valence-electron chi connectivity index (χ3n) is 4.16. The maximum atomic E-state index is 3.81. The van der Waals surface area contributed by atoms with Gasteiger partial charge in [-0.3, -0.25) is 0 Å². The molecule has 1 fully saturated rings. The molecular weight excluding hydrogens is 238 g/mol. The van der Waals surface area contributed by atoms with Crippen LogP contribution in [0.4, 0.5) is 0 Å². The van der Waals surface area contributed by atoms with Crippen molar-refractivity contribution < 1.29 is 0 Å². The summed E-state index contributed by atoms with van der Waals surface area (Å²) in [5.41, 5.74) is 0. The van der Waals surface area contributed by atoms with E-state index in [2.05, 4.69) is 29.8 Å². The Bertz CT molecular complexity index is 301. The average molecular weight is 265 g/mol. The van der Waals surface area contributed by atoms with Crippen molar-refractivity contribution in [2.24, 2.45) is 5.92 Å². The molecule has 1 N–H and O–H groups in total. The van der Waals surface area contributed by atoms with Crippen molar-refractivity contribution in [1.29, 1.82) is 0 Å². The van der Waals surface area contributed by atoms with Crippen molar-refractivity contribution in [3.63, 3.8) is 0 Å². The molecule has 1 aromatic heterocycles. The van der Waals surface area contributed by atoms with Gasteiger partial charge in [0.2, 0.25) is 0 Å². The SMILES string of the molecule is CCCNC(CCc1cccs1)C1CCCCC1. The van der Waals surface area contributed by atoms with Gasteiger partial charge in [0, 0.05) is 10.9 Å². The number of rotatable bonds is 7. The fourth-order valence-corrected chi connectivity index (χ4v) is 3.85. The standard InChI is InChI=1S/C16H27NS/c1-2-12-17-16(14-7-4-3-5-8-14)11-10-15-9-6-13-18-15/h6,9,13-14,16-17H,2-5,7-8,10-12H2,1H3. The fraction of sp³-hybridized carbons (Fsp3) is 0.750. The lowest BCUT2D eigenvalue weighted by Crippen LogP contribution is -2.38. The van der Waals surface area contributed by atoms with E-state index in [0.717, 1.165) is 12.0 Å². The van der Waals surface area contributed by atoms with Crippen LogP contribution in [0, 0.1) is 5.92 Å². The highest BCUT2D eigenvalue weighted by atomic mass is 32.1. The first kappa shape index (κ1) is 14.1. The third-order valence-corrected chi connectivity index (χ3v) is 5.09. The summed E-state index contributed by atoms with van der Waals surface area (Å²) in [6.45, 7) is 3.45. The Balaban J connectivity index is 1.83. The topological polar surface area (TPSA) is 12.0 Å². The Labute approximate surface area is 116 Å².